The lowest BCUT2D eigenvalue weighted by Gasteiger charge is -2.45. The third-order valence-corrected chi connectivity index (χ3v) is 15.8. The number of rotatable bonds is 10. The molecule has 51 heavy (non-hydrogen) atoms. The van der Waals surface area contributed by atoms with Crippen LogP contribution in [0, 0.1) is 30.6 Å². The van der Waals surface area contributed by atoms with Gasteiger partial charge in [0.25, 0.3) is 0 Å². The smallest absolute Gasteiger partial charge is 0.415 e. The highest BCUT2D eigenvalue weighted by atomic mass is 28.4. The minimum Gasteiger partial charge on any atom is -0.507 e. The van der Waals surface area contributed by atoms with Gasteiger partial charge in [-0.2, -0.15) is 0 Å². The van der Waals surface area contributed by atoms with E-state index < -0.39 is 61.2 Å². The molecule has 4 aliphatic rings. The van der Waals surface area contributed by atoms with Crippen LogP contribution >= 0.6 is 0 Å². The van der Waals surface area contributed by atoms with E-state index in [0.29, 0.717) is 6.42 Å². The van der Waals surface area contributed by atoms with Crippen molar-refractivity contribution in [2.24, 2.45) is 0 Å². The third-order valence-electron chi connectivity index (χ3n) is 11.1. The maximum atomic E-state index is 14.9. The SMILES string of the molecule is C=CCOC(=O)N1c2c(cc(O)c3c2C(=O)c2cc(C)c(CC)c(OC)c2C3=O)[C@@]23O[C@@]2([C@@H](C)O[Si](CC)(CC)CC)[C@@H]1C#C/C=C\C#C[C@H]3O. The minimum absolute atomic E-state index is 0.0276. The molecule has 2 bridgehead atoms. The van der Waals surface area contributed by atoms with Crippen molar-refractivity contribution >= 4 is 31.7 Å². The summed E-state index contributed by atoms with van der Waals surface area (Å²) in [4.78, 5) is 45.0. The average molecular weight is 710 g/mol. The number of hydrogen-bond acceptors (Lipinski definition) is 9. The van der Waals surface area contributed by atoms with Crippen LogP contribution in [0.5, 0.6) is 11.5 Å². The Bertz CT molecular complexity index is 2020. The van der Waals surface area contributed by atoms with E-state index >= 15 is 0 Å². The van der Waals surface area contributed by atoms with Crippen molar-refractivity contribution < 1.29 is 43.2 Å². The summed E-state index contributed by atoms with van der Waals surface area (Å²) in [5.74, 6) is 10.2. The average Bonchev–Trinajstić information content (AvgIpc) is 3.85. The molecule has 0 aromatic heterocycles. The molecule has 266 valence electrons. The second-order valence-electron chi connectivity index (χ2n) is 13.3. The molecule has 10 nitrogen and oxygen atoms in total. The van der Waals surface area contributed by atoms with Crippen molar-refractivity contribution in [2.45, 2.75) is 95.5 Å². The highest BCUT2D eigenvalue weighted by Crippen LogP contribution is 2.69. The Hall–Kier alpha value is -4.65. The first-order valence-electron chi connectivity index (χ1n) is 17.4. The molecule has 2 N–H and O–H groups in total. The van der Waals surface area contributed by atoms with Crippen molar-refractivity contribution in [3.05, 3.63) is 75.9 Å². The quantitative estimate of drug-likeness (QED) is 0.115. The van der Waals surface area contributed by atoms with E-state index in [0.717, 1.165) is 29.3 Å². The Morgan fingerprint density at radius 1 is 1.08 bits per heavy atom. The van der Waals surface area contributed by atoms with Gasteiger partial charge in [-0.05, 0) is 73.8 Å². The molecule has 1 amide bonds. The van der Waals surface area contributed by atoms with Gasteiger partial charge in [-0.15, -0.1) is 0 Å². The van der Waals surface area contributed by atoms with Crippen LogP contribution in [0.3, 0.4) is 0 Å². The van der Waals surface area contributed by atoms with Crippen molar-refractivity contribution in [3.8, 4) is 35.2 Å². The fraction of sp³-hybridized carbons (Fsp3) is 0.425. The molecule has 2 aliphatic heterocycles. The predicted octanol–water partition coefficient (Wildman–Crippen LogP) is 5.87. The molecule has 2 aromatic rings. The van der Waals surface area contributed by atoms with Gasteiger partial charge in [-0.3, -0.25) is 14.5 Å². The number of aliphatic hydroxyl groups excluding tert-OH is 1. The number of aromatic hydroxyl groups is 1. The van der Waals surface area contributed by atoms with Crippen LogP contribution in [0.4, 0.5) is 10.5 Å². The van der Waals surface area contributed by atoms with Crippen LogP contribution in [0.25, 0.3) is 0 Å². The Morgan fingerprint density at radius 2 is 1.75 bits per heavy atom. The standard InChI is InChI=1S/C40H43NO9Si/c1-9-20-48-38(46)41-29-18-16-14-15-17-19-30(43)40(39(29,50-40)24(7)49-51(11-3,12-4)13-5)27-22-28(42)32-33(34(27)41)35(44)26-21-23(6)25(10-2)37(47-8)31(26)36(32)45/h9,14-15,21-22,24,29-30,42-43H,1,10-13,20H2,2-8H3/b15-14-/t24-,29+,30-,39+,40+/m1/s1. The van der Waals surface area contributed by atoms with Gasteiger partial charge in [-0.1, -0.05) is 64.0 Å². The van der Waals surface area contributed by atoms with E-state index in [9.17, 15) is 24.6 Å². The van der Waals surface area contributed by atoms with Gasteiger partial charge < -0.3 is 28.8 Å². The number of allylic oxidation sites excluding steroid dienone is 2. The summed E-state index contributed by atoms with van der Waals surface area (Å²) in [7, 11) is -0.925. The molecule has 5 atom stereocenters. The van der Waals surface area contributed by atoms with E-state index in [2.05, 4.69) is 51.0 Å². The number of benzene rings is 2. The number of hydrogen-bond donors (Lipinski definition) is 2. The number of methoxy groups -OCH3 is 1. The van der Waals surface area contributed by atoms with Gasteiger partial charge >= 0.3 is 6.09 Å². The topological polar surface area (TPSA) is 135 Å². The van der Waals surface area contributed by atoms with Gasteiger partial charge in [-0.25, -0.2) is 4.79 Å². The molecule has 2 heterocycles. The summed E-state index contributed by atoms with van der Waals surface area (Å²) in [6, 6.07) is 4.14. The summed E-state index contributed by atoms with van der Waals surface area (Å²) in [6.45, 7) is 15.4. The lowest BCUT2D eigenvalue weighted by atomic mass is 9.68. The molecular formula is C40H43NO9Si. The second-order valence-corrected chi connectivity index (χ2v) is 18.0. The molecule has 2 aliphatic carbocycles. The third kappa shape index (κ3) is 4.94. The van der Waals surface area contributed by atoms with Crippen LogP contribution in [0.1, 0.15) is 83.2 Å². The van der Waals surface area contributed by atoms with Crippen molar-refractivity contribution in [1.82, 2.24) is 0 Å². The van der Waals surface area contributed by atoms with Gasteiger partial charge in [0.1, 0.15) is 24.1 Å². The first-order chi connectivity index (χ1) is 24.4. The maximum absolute atomic E-state index is 14.9. The van der Waals surface area contributed by atoms with Crippen molar-refractivity contribution in [1.29, 1.82) is 0 Å². The molecule has 0 spiro atoms. The Labute approximate surface area is 299 Å². The van der Waals surface area contributed by atoms with Crippen LogP contribution in [0.15, 0.2) is 36.9 Å². The minimum atomic E-state index is -2.36. The zero-order valence-corrected chi connectivity index (χ0v) is 31.1. The summed E-state index contributed by atoms with van der Waals surface area (Å²) < 4.78 is 25.2. The number of nitrogens with zero attached hydrogens (tertiary/aromatic N) is 1. The number of amides is 1. The van der Waals surface area contributed by atoms with Gasteiger partial charge in [0.2, 0.25) is 5.78 Å². The van der Waals surface area contributed by atoms with Crippen LogP contribution in [-0.2, 0) is 25.9 Å². The van der Waals surface area contributed by atoms with E-state index in [1.807, 2.05) is 20.8 Å². The summed E-state index contributed by atoms with van der Waals surface area (Å²) >= 11 is 0. The van der Waals surface area contributed by atoms with Crippen molar-refractivity contribution in [2.75, 3.05) is 18.6 Å². The fourth-order valence-corrected chi connectivity index (χ4v) is 11.3. The number of ketones is 2. The zero-order chi connectivity index (χ0) is 37.0. The van der Waals surface area contributed by atoms with Gasteiger partial charge in [0.15, 0.2) is 31.4 Å². The van der Waals surface area contributed by atoms with Crippen LogP contribution < -0.4 is 9.64 Å². The van der Waals surface area contributed by atoms with E-state index in [4.69, 9.17) is 18.6 Å². The summed E-state index contributed by atoms with van der Waals surface area (Å²) in [6.07, 6.45) is 1.72. The van der Waals surface area contributed by atoms with E-state index in [-0.39, 0.29) is 45.9 Å². The summed E-state index contributed by atoms with van der Waals surface area (Å²) in [5, 5.41) is 23.9. The number of aliphatic hydroxyl groups is 1. The predicted molar refractivity (Wildman–Crippen MR) is 194 cm³/mol. The molecule has 1 fully saturated rings. The molecule has 11 heteroatoms. The molecule has 0 saturated carbocycles. The van der Waals surface area contributed by atoms with Crippen molar-refractivity contribution in [3.63, 3.8) is 0 Å². The molecule has 2 aromatic carbocycles. The highest BCUT2D eigenvalue weighted by Gasteiger charge is 2.84. The number of anilines is 1. The highest BCUT2D eigenvalue weighted by molar-refractivity contribution is 6.73. The number of fused-ring (bicyclic) bond motifs is 4. The van der Waals surface area contributed by atoms with Crippen LogP contribution in [0.2, 0.25) is 18.1 Å². The largest absolute Gasteiger partial charge is 0.507 e. The van der Waals surface area contributed by atoms with Gasteiger partial charge in [0.05, 0.1) is 35.6 Å². The molecular weight excluding hydrogens is 667 g/mol. The van der Waals surface area contributed by atoms with Crippen LogP contribution in [-0.4, -0.2) is 73.8 Å². The maximum Gasteiger partial charge on any atom is 0.415 e. The number of phenolic OH excluding ortho intramolecular Hbond substituents is 1. The molecule has 1 saturated heterocycles. The summed E-state index contributed by atoms with van der Waals surface area (Å²) in [5.41, 5.74) is -2.22. The first kappa shape index (κ1) is 36.1. The normalized spacial score (nSPS) is 25.0. The number of phenols is 1. The Kier molecular flexibility index (Phi) is 9.32. The zero-order valence-electron chi connectivity index (χ0n) is 30.1. The van der Waals surface area contributed by atoms with E-state index in [1.54, 1.807) is 6.07 Å². The monoisotopic (exact) mass is 709 g/mol. The number of ether oxygens (including phenoxy) is 3. The lowest BCUT2D eigenvalue weighted by molar-refractivity contribution is 0.0887. The first-order valence-corrected chi connectivity index (χ1v) is 19.9. The number of epoxide rings is 1. The number of carbonyl (C=O) groups excluding carboxylic acids is 3. The lowest BCUT2D eigenvalue weighted by Crippen LogP contribution is -2.63. The van der Waals surface area contributed by atoms with Gasteiger partial charge in [0, 0.05) is 11.1 Å². The number of carbonyl (C=O) groups is 3. The second kappa shape index (κ2) is 13.2. The Balaban J connectivity index is 1.72. The molecule has 0 unspecified atom stereocenters. The fourth-order valence-electron chi connectivity index (χ4n) is 8.38. The molecule has 6 rings (SSSR count). The number of aryl methyl sites for hydroxylation is 1. The van der Waals surface area contributed by atoms with E-state index in [1.165, 1.54) is 36.3 Å². The molecule has 0 radical (unpaired) electrons. The Morgan fingerprint density at radius 3 is 2.35 bits per heavy atom.